The van der Waals surface area contributed by atoms with Crippen LogP contribution >= 0.6 is 11.3 Å². The molecule has 2 heterocycles. The van der Waals surface area contributed by atoms with Crippen molar-refractivity contribution in [1.29, 1.82) is 0 Å². The van der Waals surface area contributed by atoms with Gasteiger partial charge in [0.1, 0.15) is 0 Å². The highest BCUT2D eigenvalue weighted by Crippen LogP contribution is 2.20. The van der Waals surface area contributed by atoms with Gasteiger partial charge in [0.2, 0.25) is 10.8 Å². The summed E-state index contributed by atoms with van der Waals surface area (Å²) >= 11 is 1.21. The third kappa shape index (κ3) is 0.561. The van der Waals surface area contributed by atoms with Crippen molar-refractivity contribution in [1.82, 2.24) is 14.6 Å². The number of rotatable bonds is 0. The molecule has 0 bridgehead atoms. The number of thiazole rings is 1. The molecule has 0 spiro atoms. The third-order valence-corrected chi connectivity index (χ3v) is 1.86. The van der Waals surface area contributed by atoms with Crippen LogP contribution in [0, 0.1) is 0 Å². The minimum atomic E-state index is -0.317. The minimum absolute atomic E-state index is 0.00667. The van der Waals surface area contributed by atoms with Crippen LogP contribution in [0.5, 0.6) is 11.9 Å². The van der Waals surface area contributed by atoms with Crippen molar-refractivity contribution < 1.29 is 10.2 Å². The second-order valence-electron chi connectivity index (χ2n) is 1.70. The second-order valence-corrected chi connectivity index (χ2v) is 2.54. The largest absolute Gasteiger partial charge is 0.493 e. The van der Waals surface area contributed by atoms with E-state index in [2.05, 4.69) is 10.1 Å². The molecule has 2 aromatic heterocycles. The molecule has 0 aliphatic rings. The van der Waals surface area contributed by atoms with E-state index in [1.807, 2.05) is 0 Å². The lowest BCUT2D eigenvalue weighted by molar-refractivity contribution is 0.413. The zero-order valence-corrected chi connectivity index (χ0v) is 5.54. The number of hydrogen-bond donors (Lipinski definition) is 2. The Labute approximate surface area is 59.2 Å². The van der Waals surface area contributed by atoms with Gasteiger partial charge in [-0.2, -0.15) is 9.50 Å². The van der Waals surface area contributed by atoms with Gasteiger partial charge in [-0.3, -0.25) is 0 Å². The van der Waals surface area contributed by atoms with Crippen LogP contribution in [0.25, 0.3) is 4.96 Å². The summed E-state index contributed by atoms with van der Waals surface area (Å²) in [5.41, 5.74) is 0. The highest BCUT2D eigenvalue weighted by molar-refractivity contribution is 7.15. The summed E-state index contributed by atoms with van der Waals surface area (Å²) in [7, 11) is 0. The van der Waals surface area contributed by atoms with E-state index in [1.165, 1.54) is 21.2 Å². The Morgan fingerprint density at radius 1 is 1.50 bits per heavy atom. The topological polar surface area (TPSA) is 70.7 Å². The summed E-state index contributed by atoms with van der Waals surface area (Å²) in [6.45, 7) is 0. The SMILES string of the molecule is Oc1nc2scc(O)n2n1. The van der Waals surface area contributed by atoms with Crippen molar-refractivity contribution in [3.8, 4) is 11.9 Å². The Bertz CT molecular complexity index is 365. The first-order chi connectivity index (χ1) is 4.77. The lowest BCUT2D eigenvalue weighted by Crippen LogP contribution is -1.79. The van der Waals surface area contributed by atoms with Crippen LogP contribution in [-0.2, 0) is 0 Å². The Morgan fingerprint density at radius 2 is 2.30 bits per heavy atom. The first kappa shape index (κ1) is 5.48. The number of aromatic hydroxyl groups is 2. The van der Waals surface area contributed by atoms with Gasteiger partial charge in [-0.05, 0) is 0 Å². The Hall–Kier alpha value is -1.30. The average Bonchev–Trinajstić information content (AvgIpc) is 2.35. The molecule has 0 aliphatic heterocycles. The van der Waals surface area contributed by atoms with Crippen molar-refractivity contribution in [2.75, 3.05) is 0 Å². The smallest absolute Gasteiger partial charge is 0.334 e. The molecule has 0 fully saturated rings. The van der Waals surface area contributed by atoms with Gasteiger partial charge in [-0.25, -0.2) is 0 Å². The predicted octanol–water partition coefficient (Wildman–Crippen LogP) is 0.202. The van der Waals surface area contributed by atoms with E-state index in [4.69, 9.17) is 10.2 Å². The van der Waals surface area contributed by atoms with Crippen molar-refractivity contribution in [3.05, 3.63) is 5.38 Å². The van der Waals surface area contributed by atoms with E-state index in [0.717, 1.165) is 0 Å². The van der Waals surface area contributed by atoms with Crippen molar-refractivity contribution in [2.24, 2.45) is 0 Å². The summed E-state index contributed by atoms with van der Waals surface area (Å²) in [6, 6.07) is -0.317. The molecule has 0 atom stereocenters. The summed E-state index contributed by atoms with van der Waals surface area (Å²) in [6.07, 6.45) is 0. The van der Waals surface area contributed by atoms with Crippen LogP contribution in [-0.4, -0.2) is 24.8 Å². The lowest BCUT2D eigenvalue weighted by atomic mass is 10.9. The first-order valence-corrected chi connectivity index (χ1v) is 3.37. The molecule has 0 radical (unpaired) electrons. The molecule has 2 rings (SSSR count). The average molecular weight is 157 g/mol. The van der Waals surface area contributed by atoms with Crippen LogP contribution < -0.4 is 0 Å². The summed E-state index contributed by atoms with van der Waals surface area (Å²) < 4.78 is 1.17. The van der Waals surface area contributed by atoms with E-state index >= 15 is 0 Å². The highest BCUT2D eigenvalue weighted by Gasteiger charge is 2.05. The van der Waals surface area contributed by atoms with E-state index < -0.39 is 0 Å². The predicted molar refractivity (Wildman–Crippen MR) is 34.2 cm³/mol. The van der Waals surface area contributed by atoms with Crippen LogP contribution in [0.2, 0.25) is 0 Å². The molecular formula is C4H3N3O2S. The Morgan fingerprint density at radius 3 is 3.00 bits per heavy atom. The molecule has 0 aliphatic carbocycles. The van der Waals surface area contributed by atoms with Gasteiger partial charge in [0.25, 0.3) is 0 Å². The summed E-state index contributed by atoms with van der Waals surface area (Å²) in [4.78, 5) is 4.08. The van der Waals surface area contributed by atoms with E-state index in [-0.39, 0.29) is 11.9 Å². The Kier molecular flexibility index (Phi) is 0.877. The maximum absolute atomic E-state index is 8.98. The molecule has 0 unspecified atom stereocenters. The number of nitrogens with zero attached hydrogens (tertiary/aromatic N) is 3. The quantitative estimate of drug-likeness (QED) is 0.573. The molecular weight excluding hydrogens is 154 g/mol. The number of fused-ring (bicyclic) bond motifs is 1. The van der Waals surface area contributed by atoms with E-state index in [9.17, 15) is 0 Å². The maximum Gasteiger partial charge on any atom is 0.334 e. The van der Waals surface area contributed by atoms with Crippen molar-refractivity contribution in [2.45, 2.75) is 0 Å². The second kappa shape index (κ2) is 1.60. The molecule has 0 aromatic carbocycles. The molecule has 0 saturated heterocycles. The van der Waals surface area contributed by atoms with E-state index in [0.29, 0.717) is 4.96 Å². The van der Waals surface area contributed by atoms with Crippen molar-refractivity contribution >= 4 is 16.3 Å². The van der Waals surface area contributed by atoms with E-state index in [1.54, 1.807) is 0 Å². The van der Waals surface area contributed by atoms with Crippen molar-refractivity contribution in [3.63, 3.8) is 0 Å². The standard InChI is InChI=1S/C4H3N3O2S/c8-2-1-10-4-5-3(9)6-7(2)4/h1,8H,(H,6,9). The van der Waals surface area contributed by atoms with Gasteiger partial charge >= 0.3 is 6.01 Å². The minimum Gasteiger partial charge on any atom is -0.493 e. The summed E-state index contributed by atoms with van der Waals surface area (Å²) in [5.74, 6) is -0.00667. The number of hydrogen-bond acceptors (Lipinski definition) is 5. The van der Waals surface area contributed by atoms with Gasteiger partial charge in [0.05, 0.1) is 5.38 Å². The first-order valence-electron chi connectivity index (χ1n) is 2.49. The summed E-state index contributed by atoms with van der Waals surface area (Å²) in [5, 5.41) is 22.7. The van der Waals surface area contributed by atoms with Crippen LogP contribution in [0.3, 0.4) is 0 Å². The molecule has 0 amide bonds. The maximum atomic E-state index is 8.98. The highest BCUT2D eigenvalue weighted by atomic mass is 32.1. The molecule has 2 aromatic rings. The van der Waals surface area contributed by atoms with Gasteiger partial charge in [0.15, 0.2) is 0 Å². The Balaban J connectivity index is 2.90. The lowest BCUT2D eigenvalue weighted by Gasteiger charge is -1.80. The zero-order valence-electron chi connectivity index (χ0n) is 4.72. The fraction of sp³-hybridized carbons (Fsp3) is 0. The van der Waals surface area contributed by atoms with Gasteiger partial charge in [0, 0.05) is 0 Å². The van der Waals surface area contributed by atoms with Gasteiger partial charge in [-0.1, -0.05) is 11.3 Å². The monoisotopic (exact) mass is 157 g/mol. The normalized spacial score (nSPS) is 10.8. The molecule has 6 heteroatoms. The molecule has 2 N–H and O–H groups in total. The third-order valence-electron chi connectivity index (χ3n) is 1.05. The molecule has 5 nitrogen and oxygen atoms in total. The van der Waals surface area contributed by atoms with Crippen LogP contribution in [0.4, 0.5) is 0 Å². The zero-order chi connectivity index (χ0) is 7.14. The number of aromatic nitrogens is 3. The molecule has 0 saturated carbocycles. The molecule has 52 valence electrons. The van der Waals surface area contributed by atoms with Gasteiger partial charge < -0.3 is 10.2 Å². The van der Waals surface area contributed by atoms with Gasteiger partial charge in [-0.15, -0.1) is 5.10 Å². The van der Waals surface area contributed by atoms with Crippen LogP contribution in [0.1, 0.15) is 0 Å². The molecule has 10 heavy (non-hydrogen) atoms. The fourth-order valence-electron chi connectivity index (χ4n) is 0.668. The fourth-order valence-corrected chi connectivity index (χ4v) is 1.35. The van der Waals surface area contributed by atoms with Crippen LogP contribution in [0.15, 0.2) is 5.38 Å².